The number of benzene rings is 2. The molecular weight excluding hydrogens is 398 g/mol. The molecule has 2 heterocycles. The average molecular weight is 420 g/mol. The van der Waals surface area contributed by atoms with Gasteiger partial charge in [0.15, 0.2) is 23.0 Å². The van der Waals surface area contributed by atoms with Gasteiger partial charge in [-0.1, -0.05) is 22.0 Å². The molecule has 2 aromatic rings. The highest BCUT2D eigenvalue weighted by molar-refractivity contribution is 9.10. The zero-order chi connectivity index (χ0) is 18.1. The maximum atomic E-state index is 5.53. The quantitative estimate of drug-likeness (QED) is 0.711. The lowest BCUT2D eigenvalue weighted by molar-refractivity contribution is 0.174. The number of hydrogen-bond acceptors (Lipinski definition) is 5. The molecule has 2 aliphatic heterocycles. The second-order valence-electron chi connectivity index (χ2n) is 6.54. The van der Waals surface area contributed by atoms with Crippen LogP contribution in [-0.2, 0) is 6.54 Å². The minimum absolute atomic E-state index is 0.295. The van der Waals surface area contributed by atoms with Crippen molar-refractivity contribution in [3.8, 4) is 23.0 Å². The van der Waals surface area contributed by atoms with E-state index in [1.807, 2.05) is 12.1 Å². The fourth-order valence-electron chi connectivity index (χ4n) is 3.75. The summed E-state index contributed by atoms with van der Waals surface area (Å²) in [5, 5.41) is 0. The standard InChI is InChI=1S/C20H22BrNO4/c1-23-17-6-5-13(8-18(17)24-2)16-4-3-7-22(16)11-14-9-19-20(10-15(14)21)26-12-25-19/h5-6,8-10,16H,3-4,7,11-12H2,1-2H3. The number of halogens is 1. The highest BCUT2D eigenvalue weighted by Gasteiger charge is 2.28. The molecule has 0 spiro atoms. The number of ether oxygens (including phenoxy) is 4. The third-order valence-electron chi connectivity index (χ3n) is 5.07. The van der Waals surface area contributed by atoms with Gasteiger partial charge in [-0.05, 0) is 54.8 Å². The third-order valence-corrected chi connectivity index (χ3v) is 5.81. The number of likely N-dealkylation sites (tertiary alicyclic amines) is 1. The van der Waals surface area contributed by atoms with Crippen molar-refractivity contribution in [1.29, 1.82) is 0 Å². The van der Waals surface area contributed by atoms with Gasteiger partial charge in [0.05, 0.1) is 14.2 Å². The lowest BCUT2D eigenvalue weighted by atomic mass is 10.0. The summed E-state index contributed by atoms with van der Waals surface area (Å²) in [5.41, 5.74) is 2.47. The van der Waals surface area contributed by atoms with Crippen LogP contribution in [-0.4, -0.2) is 32.5 Å². The summed E-state index contributed by atoms with van der Waals surface area (Å²) in [5.74, 6) is 3.17. The van der Waals surface area contributed by atoms with E-state index in [9.17, 15) is 0 Å². The molecule has 4 rings (SSSR count). The van der Waals surface area contributed by atoms with Gasteiger partial charge in [0.1, 0.15) is 0 Å². The molecule has 26 heavy (non-hydrogen) atoms. The lowest BCUT2D eigenvalue weighted by Gasteiger charge is -2.26. The first-order valence-corrected chi connectivity index (χ1v) is 9.53. The Labute approximate surface area is 161 Å². The van der Waals surface area contributed by atoms with Gasteiger partial charge in [-0.2, -0.15) is 0 Å². The molecule has 0 aromatic heterocycles. The number of rotatable bonds is 5. The van der Waals surface area contributed by atoms with E-state index in [2.05, 4.69) is 39.0 Å². The molecule has 1 fully saturated rings. The number of hydrogen-bond donors (Lipinski definition) is 0. The summed E-state index contributed by atoms with van der Waals surface area (Å²) in [6, 6.07) is 10.7. The number of methoxy groups -OCH3 is 2. The van der Waals surface area contributed by atoms with E-state index in [4.69, 9.17) is 18.9 Å². The molecule has 1 saturated heterocycles. The van der Waals surface area contributed by atoms with Crippen molar-refractivity contribution in [1.82, 2.24) is 4.90 Å². The summed E-state index contributed by atoms with van der Waals surface area (Å²) < 4.78 is 22.9. The Morgan fingerprint density at radius 3 is 2.62 bits per heavy atom. The number of fused-ring (bicyclic) bond motifs is 1. The lowest BCUT2D eigenvalue weighted by Crippen LogP contribution is -2.23. The fourth-order valence-corrected chi connectivity index (χ4v) is 4.20. The van der Waals surface area contributed by atoms with Crippen molar-refractivity contribution < 1.29 is 18.9 Å². The maximum Gasteiger partial charge on any atom is 0.231 e. The van der Waals surface area contributed by atoms with Crippen molar-refractivity contribution in [3.63, 3.8) is 0 Å². The predicted octanol–water partition coefficient (Wildman–Crippen LogP) is 4.53. The Hall–Kier alpha value is -1.92. The van der Waals surface area contributed by atoms with E-state index in [0.29, 0.717) is 12.8 Å². The normalized spacial score (nSPS) is 19.0. The van der Waals surface area contributed by atoms with Crippen molar-refractivity contribution in [3.05, 3.63) is 45.9 Å². The fraction of sp³-hybridized carbons (Fsp3) is 0.400. The zero-order valence-corrected chi connectivity index (χ0v) is 16.5. The Balaban J connectivity index is 1.58. The highest BCUT2D eigenvalue weighted by atomic mass is 79.9. The van der Waals surface area contributed by atoms with Crippen LogP contribution in [0.2, 0.25) is 0 Å². The predicted molar refractivity (Wildman–Crippen MR) is 102 cm³/mol. The molecular formula is C20H22BrNO4. The molecule has 0 N–H and O–H groups in total. The first-order chi connectivity index (χ1) is 12.7. The molecule has 0 aliphatic carbocycles. The van der Waals surface area contributed by atoms with Crippen LogP contribution in [0.1, 0.15) is 30.0 Å². The molecule has 5 nitrogen and oxygen atoms in total. The monoisotopic (exact) mass is 419 g/mol. The SMILES string of the molecule is COc1ccc(C2CCCN2Cc2cc3c(cc2Br)OCO3)cc1OC. The summed E-state index contributed by atoms with van der Waals surface area (Å²) in [6.07, 6.45) is 2.32. The Morgan fingerprint density at radius 1 is 1.08 bits per heavy atom. The highest BCUT2D eigenvalue weighted by Crippen LogP contribution is 2.41. The van der Waals surface area contributed by atoms with Crippen LogP contribution < -0.4 is 18.9 Å². The Bertz CT molecular complexity index is 811. The first kappa shape index (κ1) is 17.5. The van der Waals surface area contributed by atoms with Crippen molar-refractivity contribution in [2.45, 2.75) is 25.4 Å². The molecule has 0 saturated carbocycles. The maximum absolute atomic E-state index is 5.53. The molecule has 2 aliphatic rings. The molecule has 0 bridgehead atoms. The summed E-state index contributed by atoms with van der Waals surface area (Å²) in [6.45, 7) is 2.22. The van der Waals surface area contributed by atoms with Crippen LogP contribution in [0.4, 0.5) is 0 Å². The molecule has 6 heteroatoms. The molecule has 1 unspecified atom stereocenters. The van der Waals surface area contributed by atoms with Gasteiger partial charge < -0.3 is 18.9 Å². The van der Waals surface area contributed by atoms with Gasteiger partial charge in [-0.25, -0.2) is 0 Å². The first-order valence-electron chi connectivity index (χ1n) is 8.73. The topological polar surface area (TPSA) is 40.2 Å². The van der Waals surface area contributed by atoms with Crippen LogP contribution in [0, 0.1) is 0 Å². The molecule has 0 radical (unpaired) electrons. The van der Waals surface area contributed by atoms with Crippen LogP contribution in [0.5, 0.6) is 23.0 Å². The van der Waals surface area contributed by atoms with E-state index in [1.165, 1.54) is 17.5 Å². The minimum atomic E-state index is 0.295. The van der Waals surface area contributed by atoms with Crippen LogP contribution in [0.3, 0.4) is 0 Å². The van der Waals surface area contributed by atoms with Crippen molar-refractivity contribution in [2.24, 2.45) is 0 Å². The van der Waals surface area contributed by atoms with Gasteiger partial charge in [0.2, 0.25) is 6.79 Å². The second-order valence-corrected chi connectivity index (χ2v) is 7.39. The van der Waals surface area contributed by atoms with Crippen LogP contribution in [0.25, 0.3) is 0 Å². The number of nitrogens with zero attached hydrogens (tertiary/aromatic N) is 1. The summed E-state index contributed by atoms with van der Waals surface area (Å²) in [4.78, 5) is 2.50. The largest absolute Gasteiger partial charge is 0.493 e. The van der Waals surface area contributed by atoms with Crippen molar-refractivity contribution >= 4 is 15.9 Å². The smallest absolute Gasteiger partial charge is 0.231 e. The van der Waals surface area contributed by atoms with E-state index in [0.717, 1.165) is 47.0 Å². The molecule has 2 aromatic carbocycles. The third kappa shape index (κ3) is 3.23. The van der Waals surface area contributed by atoms with Gasteiger partial charge >= 0.3 is 0 Å². The van der Waals surface area contributed by atoms with Crippen molar-refractivity contribution in [2.75, 3.05) is 27.6 Å². The molecule has 1 atom stereocenters. The van der Waals surface area contributed by atoms with Gasteiger partial charge in [0, 0.05) is 17.1 Å². The van der Waals surface area contributed by atoms with E-state index in [-0.39, 0.29) is 0 Å². The summed E-state index contributed by atoms with van der Waals surface area (Å²) >= 11 is 3.68. The van der Waals surface area contributed by atoms with Crippen LogP contribution in [0.15, 0.2) is 34.8 Å². The van der Waals surface area contributed by atoms with E-state index < -0.39 is 0 Å². The second kappa shape index (κ2) is 7.37. The van der Waals surface area contributed by atoms with Gasteiger partial charge in [-0.15, -0.1) is 0 Å². The van der Waals surface area contributed by atoms with E-state index in [1.54, 1.807) is 14.2 Å². The van der Waals surface area contributed by atoms with Gasteiger partial charge in [-0.3, -0.25) is 4.90 Å². The summed E-state index contributed by atoms with van der Waals surface area (Å²) in [7, 11) is 3.34. The Kier molecular flexibility index (Phi) is 4.96. The average Bonchev–Trinajstić information content (AvgIpc) is 3.30. The van der Waals surface area contributed by atoms with Crippen LogP contribution >= 0.6 is 15.9 Å². The zero-order valence-electron chi connectivity index (χ0n) is 15.0. The molecule has 138 valence electrons. The van der Waals surface area contributed by atoms with Gasteiger partial charge in [0.25, 0.3) is 0 Å². The minimum Gasteiger partial charge on any atom is -0.493 e. The molecule has 0 amide bonds. The van der Waals surface area contributed by atoms with E-state index >= 15 is 0 Å². The Morgan fingerprint density at radius 2 is 1.85 bits per heavy atom.